The lowest BCUT2D eigenvalue weighted by Crippen LogP contribution is -2.37. The highest BCUT2D eigenvalue weighted by Gasteiger charge is 2.55. The maximum Gasteiger partial charge on any atom is 0.416 e. The predicted molar refractivity (Wildman–Crippen MR) is 152 cm³/mol. The first-order valence-electron chi connectivity index (χ1n) is 13.8. The number of fused-ring (bicyclic) bond motifs is 1. The van der Waals surface area contributed by atoms with Crippen molar-refractivity contribution < 1.29 is 27.5 Å². The molecule has 1 atom stereocenters. The van der Waals surface area contributed by atoms with E-state index in [2.05, 4.69) is 15.3 Å². The minimum Gasteiger partial charge on any atom is -0.444 e. The average molecular weight is 594 g/mol. The molecule has 2 fully saturated rings. The normalized spacial score (nSPS) is 17.8. The third-order valence-corrected chi connectivity index (χ3v) is 7.75. The van der Waals surface area contributed by atoms with Gasteiger partial charge < -0.3 is 15.8 Å². The molecule has 2 aliphatic rings. The maximum absolute atomic E-state index is 13.3. The number of imidazole rings is 1. The van der Waals surface area contributed by atoms with Gasteiger partial charge in [0.1, 0.15) is 34.3 Å². The van der Waals surface area contributed by atoms with Gasteiger partial charge in [-0.3, -0.25) is 14.1 Å². The highest BCUT2D eigenvalue weighted by molar-refractivity contribution is 6.04. The Kier molecular flexibility index (Phi) is 6.58. The van der Waals surface area contributed by atoms with Crippen molar-refractivity contribution in [3.8, 4) is 11.3 Å². The van der Waals surface area contributed by atoms with E-state index >= 15 is 0 Å². The van der Waals surface area contributed by atoms with E-state index in [0.29, 0.717) is 29.1 Å². The number of ether oxygens (including phenoxy) is 1. The molecule has 13 heteroatoms. The Labute approximate surface area is 245 Å². The minimum atomic E-state index is -4.56. The van der Waals surface area contributed by atoms with Gasteiger partial charge in [-0.2, -0.15) is 13.2 Å². The number of nitrogens with two attached hydrogens (primary N) is 1. The molecule has 6 rings (SSSR count). The Hall–Kier alpha value is -4.68. The van der Waals surface area contributed by atoms with Crippen LogP contribution >= 0.6 is 0 Å². The van der Waals surface area contributed by atoms with Crippen LogP contribution in [0.5, 0.6) is 0 Å². The van der Waals surface area contributed by atoms with E-state index < -0.39 is 29.3 Å². The zero-order valence-corrected chi connectivity index (χ0v) is 23.8. The standard InChI is InChI=1S/C30H30F3N7O3/c1-28(2,3)43-27(42)40-16-29(9-10-29)15-20(40)25-38-22(23-24(34)36-12-13-39(23)25)17-4-6-18(7-5-17)26(41)37-21-14-19(8-11-35-21)30(31,32)33/h4-8,11-14,20H,9-10,15-16H2,1-3H3,(H2,34,36)(H,35,37,41). The van der Waals surface area contributed by atoms with Crippen molar-refractivity contribution in [2.45, 2.75) is 57.9 Å². The minimum absolute atomic E-state index is 0.0512. The molecule has 43 heavy (non-hydrogen) atoms. The number of benzene rings is 1. The predicted octanol–water partition coefficient (Wildman–Crippen LogP) is 6.11. The summed E-state index contributed by atoms with van der Waals surface area (Å²) in [5, 5.41) is 2.41. The summed E-state index contributed by atoms with van der Waals surface area (Å²) in [5.74, 6) is 0.0403. The summed E-state index contributed by atoms with van der Waals surface area (Å²) in [4.78, 5) is 40.9. The lowest BCUT2D eigenvalue weighted by atomic mass is 10.0. The summed E-state index contributed by atoms with van der Waals surface area (Å²) in [6.45, 7) is 6.08. The summed E-state index contributed by atoms with van der Waals surface area (Å²) in [6, 6.07) is 7.69. The molecule has 0 bridgehead atoms. The van der Waals surface area contributed by atoms with Crippen LogP contribution in [-0.2, 0) is 10.9 Å². The molecule has 4 heterocycles. The topological polar surface area (TPSA) is 128 Å². The monoisotopic (exact) mass is 593 g/mol. The fourth-order valence-electron chi connectivity index (χ4n) is 5.51. The molecule has 1 aromatic carbocycles. The van der Waals surface area contributed by atoms with Crippen molar-refractivity contribution in [2.75, 3.05) is 17.6 Å². The SMILES string of the molecule is CC(C)(C)OC(=O)N1CC2(CC2)CC1c1nc(-c2ccc(C(=O)Nc3cc(C(F)(F)F)ccn3)cc2)c2c(N)nccn12. The van der Waals surface area contributed by atoms with E-state index in [9.17, 15) is 22.8 Å². The molecule has 10 nitrogen and oxygen atoms in total. The van der Waals surface area contributed by atoms with Crippen LogP contribution in [0, 0.1) is 5.41 Å². The number of amides is 2. The number of carbonyl (C=O) groups excluding carboxylic acids is 2. The summed E-state index contributed by atoms with van der Waals surface area (Å²) < 4.78 is 46.7. The molecule has 4 aromatic rings. The molecule has 1 saturated carbocycles. The fourth-order valence-corrected chi connectivity index (χ4v) is 5.51. The zero-order chi connectivity index (χ0) is 30.7. The van der Waals surface area contributed by atoms with Gasteiger partial charge in [-0.15, -0.1) is 0 Å². The van der Waals surface area contributed by atoms with Crippen molar-refractivity contribution in [2.24, 2.45) is 5.41 Å². The number of nitrogens with one attached hydrogen (secondary N) is 1. The molecule has 1 aliphatic heterocycles. The molecule has 1 spiro atoms. The largest absolute Gasteiger partial charge is 0.444 e. The van der Waals surface area contributed by atoms with E-state index in [1.54, 1.807) is 29.4 Å². The number of likely N-dealkylation sites (tertiary alicyclic amines) is 1. The summed E-state index contributed by atoms with van der Waals surface area (Å²) in [7, 11) is 0. The van der Waals surface area contributed by atoms with Crippen molar-refractivity contribution >= 4 is 29.2 Å². The van der Waals surface area contributed by atoms with Gasteiger partial charge in [0, 0.05) is 36.3 Å². The molecular formula is C30H30F3N7O3. The first-order valence-corrected chi connectivity index (χ1v) is 13.8. The molecular weight excluding hydrogens is 563 g/mol. The number of halogens is 3. The lowest BCUT2D eigenvalue weighted by Gasteiger charge is -2.28. The van der Waals surface area contributed by atoms with Crippen LogP contribution < -0.4 is 11.1 Å². The number of nitrogen functional groups attached to an aromatic ring is 1. The first-order chi connectivity index (χ1) is 20.2. The Morgan fingerprint density at radius 1 is 1.07 bits per heavy atom. The van der Waals surface area contributed by atoms with Crippen molar-refractivity contribution in [3.05, 3.63) is 71.9 Å². The number of aromatic nitrogens is 4. The van der Waals surface area contributed by atoms with E-state index in [-0.39, 0.29) is 28.7 Å². The van der Waals surface area contributed by atoms with Gasteiger partial charge in [0.15, 0.2) is 0 Å². The molecule has 224 valence electrons. The van der Waals surface area contributed by atoms with Gasteiger partial charge in [0.25, 0.3) is 5.91 Å². The second-order valence-corrected chi connectivity index (χ2v) is 12.1. The Balaban J connectivity index is 1.31. The number of anilines is 2. The second-order valence-electron chi connectivity index (χ2n) is 12.1. The highest BCUT2D eigenvalue weighted by Crippen LogP contribution is 2.58. The van der Waals surface area contributed by atoms with Gasteiger partial charge in [-0.1, -0.05) is 12.1 Å². The van der Waals surface area contributed by atoms with Gasteiger partial charge in [-0.05, 0) is 69.7 Å². The number of carbonyl (C=O) groups is 2. The van der Waals surface area contributed by atoms with Crippen LogP contribution in [0.25, 0.3) is 16.8 Å². The number of rotatable bonds is 4. The van der Waals surface area contributed by atoms with Crippen LogP contribution in [-0.4, -0.2) is 48.4 Å². The summed E-state index contributed by atoms with van der Waals surface area (Å²) in [5.41, 5.74) is 6.74. The van der Waals surface area contributed by atoms with E-state index in [0.717, 1.165) is 37.6 Å². The van der Waals surface area contributed by atoms with Gasteiger partial charge in [0.2, 0.25) is 0 Å². The van der Waals surface area contributed by atoms with Gasteiger partial charge >= 0.3 is 12.3 Å². The molecule has 2 amide bonds. The molecule has 0 radical (unpaired) electrons. The first kappa shape index (κ1) is 28.4. The van der Waals surface area contributed by atoms with E-state index in [4.69, 9.17) is 15.5 Å². The second kappa shape index (κ2) is 9.96. The van der Waals surface area contributed by atoms with Crippen molar-refractivity contribution in [3.63, 3.8) is 0 Å². The lowest BCUT2D eigenvalue weighted by molar-refractivity contribution is -0.137. The van der Waals surface area contributed by atoms with Gasteiger partial charge in [-0.25, -0.2) is 19.7 Å². The third-order valence-electron chi connectivity index (χ3n) is 7.75. The average Bonchev–Trinajstić information content (AvgIpc) is 3.41. The van der Waals surface area contributed by atoms with Crippen LogP contribution in [0.4, 0.5) is 29.6 Å². The Morgan fingerprint density at radius 3 is 2.44 bits per heavy atom. The number of pyridine rings is 1. The number of alkyl halides is 3. The maximum atomic E-state index is 13.3. The zero-order valence-electron chi connectivity index (χ0n) is 23.8. The van der Waals surface area contributed by atoms with Crippen molar-refractivity contribution in [1.29, 1.82) is 0 Å². The van der Waals surface area contributed by atoms with E-state index in [1.807, 2.05) is 25.2 Å². The van der Waals surface area contributed by atoms with Crippen LogP contribution in [0.15, 0.2) is 55.0 Å². The number of hydrogen-bond acceptors (Lipinski definition) is 7. The van der Waals surface area contributed by atoms with Crippen molar-refractivity contribution in [1.82, 2.24) is 24.3 Å². The molecule has 3 aromatic heterocycles. The molecule has 1 saturated heterocycles. The third kappa shape index (κ3) is 5.58. The molecule has 3 N–H and O–H groups in total. The highest BCUT2D eigenvalue weighted by atomic mass is 19.4. The summed E-state index contributed by atoms with van der Waals surface area (Å²) in [6.07, 6.45) is 2.17. The van der Waals surface area contributed by atoms with Crippen LogP contribution in [0.1, 0.15) is 67.8 Å². The van der Waals surface area contributed by atoms with Crippen LogP contribution in [0.2, 0.25) is 0 Å². The Morgan fingerprint density at radius 2 is 1.79 bits per heavy atom. The number of hydrogen-bond donors (Lipinski definition) is 2. The number of nitrogens with zero attached hydrogens (tertiary/aromatic N) is 5. The van der Waals surface area contributed by atoms with Gasteiger partial charge in [0.05, 0.1) is 11.6 Å². The van der Waals surface area contributed by atoms with E-state index in [1.165, 1.54) is 12.1 Å². The summed E-state index contributed by atoms with van der Waals surface area (Å²) >= 11 is 0. The quantitative estimate of drug-likeness (QED) is 0.292. The smallest absolute Gasteiger partial charge is 0.416 e. The fraction of sp³-hybridized carbons (Fsp3) is 0.367. The van der Waals surface area contributed by atoms with Crippen LogP contribution in [0.3, 0.4) is 0 Å². The Bertz CT molecular complexity index is 1720. The molecule has 1 unspecified atom stereocenters. The molecule has 1 aliphatic carbocycles.